The summed E-state index contributed by atoms with van der Waals surface area (Å²) in [6, 6.07) is 6.63. The summed E-state index contributed by atoms with van der Waals surface area (Å²) in [6.07, 6.45) is 2.55. The van der Waals surface area contributed by atoms with Crippen LogP contribution in [0.5, 0.6) is 0 Å². The molecule has 2 bridgehead atoms. The van der Waals surface area contributed by atoms with Crippen molar-refractivity contribution < 1.29 is 19.1 Å². The van der Waals surface area contributed by atoms with Crippen molar-refractivity contribution in [3.63, 3.8) is 0 Å². The summed E-state index contributed by atoms with van der Waals surface area (Å²) in [4.78, 5) is 37.7. The van der Waals surface area contributed by atoms with E-state index in [9.17, 15) is 14.4 Å². The maximum Gasteiger partial charge on any atom is 0.338 e. The van der Waals surface area contributed by atoms with Crippen molar-refractivity contribution in [2.45, 2.75) is 52.6 Å². The van der Waals surface area contributed by atoms with Gasteiger partial charge in [0.05, 0.1) is 11.3 Å². The molecule has 0 aromatic heterocycles. The molecule has 3 saturated carbocycles. The summed E-state index contributed by atoms with van der Waals surface area (Å²) in [7, 11) is 0. The van der Waals surface area contributed by atoms with Crippen molar-refractivity contribution in [3.8, 4) is 0 Å². The van der Waals surface area contributed by atoms with Crippen molar-refractivity contribution in [1.29, 1.82) is 0 Å². The second kappa shape index (κ2) is 5.93. The number of anilines is 1. The number of amides is 2. The Kier molecular flexibility index (Phi) is 3.94. The minimum Gasteiger partial charge on any atom is -0.458 e. The van der Waals surface area contributed by atoms with Gasteiger partial charge in [-0.2, -0.15) is 0 Å². The number of ether oxygens (including phenoxy) is 1. The van der Waals surface area contributed by atoms with Crippen LogP contribution in [0, 0.1) is 23.2 Å². The van der Waals surface area contributed by atoms with E-state index < -0.39 is 0 Å². The maximum absolute atomic E-state index is 12.7. The lowest BCUT2D eigenvalue weighted by Gasteiger charge is -2.61. The number of nitrogens with zero attached hydrogens (tertiary/aromatic N) is 1. The van der Waals surface area contributed by atoms with Gasteiger partial charge in [-0.3, -0.25) is 14.5 Å². The van der Waals surface area contributed by atoms with E-state index in [4.69, 9.17) is 4.74 Å². The van der Waals surface area contributed by atoms with Crippen LogP contribution >= 0.6 is 0 Å². The normalized spacial score (nSPS) is 32.3. The van der Waals surface area contributed by atoms with Crippen LogP contribution in [0.1, 0.15) is 56.8 Å². The van der Waals surface area contributed by atoms with Crippen LogP contribution in [-0.2, 0) is 14.3 Å². The summed E-state index contributed by atoms with van der Waals surface area (Å²) >= 11 is 0. The highest BCUT2D eigenvalue weighted by atomic mass is 16.5. The van der Waals surface area contributed by atoms with E-state index >= 15 is 0 Å². The van der Waals surface area contributed by atoms with Gasteiger partial charge in [-0.05, 0) is 54.2 Å². The van der Waals surface area contributed by atoms with Gasteiger partial charge in [0.1, 0.15) is 6.10 Å². The largest absolute Gasteiger partial charge is 0.458 e. The fraction of sp³-hybridized carbons (Fsp3) is 0.571. The molecule has 1 heterocycles. The molecule has 5 heteroatoms. The minimum absolute atomic E-state index is 0.0574. The van der Waals surface area contributed by atoms with E-state index in [1.807, 2.05) is 0 Å². The molecule has 0 unspecified atom stereocenters. The van der Waals surface area contributed by atoms with E-state index in [0.717, 1.165) is 11.3 Å². The number of fused-ring (bicyclic) bond motifs is 2. The molecule has 4 atom stereocenters. The predicted molar refractivity (Wildman–Crippen MR) is 96.5 cm³/mol. The minimum atomic E-state index is -0.373. The first-order valence-electron chi connectivity index (χ1n) is 9.46. The Bertz CT molecular complexity index is 768. The van der Waals surface area contributed by atoms with Gasteiger partial charge in [-0.15, -0.1) is 0 Å². The average molecular weight is 355 g/mol. The van der Waals surface area contributed by atoms with Crippen LogP contribution < -0.4 is 4.90 Å². The van der Waals surface area contributed by atoms with Crippen molar-refractivity contribution in [3.05, 3.63) is 29.8 Å². The first kappa shape index (κ1) is 17.3. The molecule has 1 aromatic rings. The Morgan fingerprint density at radius 2 is 1.85 bits per heavy atom. The van der Waals surface area contributed by atoms with Gasteiger partial charge < -0.3 is 4.74 Å². The lowest BCUT2D eigenvalue weighted by Crippen LogP contribution is -2.57. The quantitative estimate of drug-likeness (QED) is 0.614. The molecular weight excluding hydrogens is 330 g/mol. The van der Waals surface area contributed by atoms with Crippen molar-refractivity contribution in [2.75, 3.05) is 4.90 Å². The van der Waals surface area contributed by atoms with Gasteiger partial charge in [0.25, 0.3) is 0 Å². The van der Waals surface area contributed by atoms with E-state index in [2.05, 4.69) is 20.8 Å². The molecule has 3 aliphatic carbocycles. The van der Waals surface area contributed by atoms with Gasteiger partial charge in [0.2, 0.25) is 11.8 Å². The first-order chi connectivity index (χ1) is 12.3. The molecule has 0 radical (unpaired) electrons. The zero-order chi connectivity index (χ0) is 18.6. The monoisotopic (exact) mass is 355 g/mol. The van der Waals surface area contributed by atoms with Crippen molar-refractivity contribution in [2.24, 2.45) is 23.2 Å². The molecule has 4 aliphatic rings. The number of hydrogen-bond acceptors (Lipinski definition) is 4. The number of imide groups is 1. The van der Waals surface area contributed by atoms with Gasteiger partial charge in [0.15, 0.2) is 0 Å². The molecule has 2 amide bonds. The topological polar surface area (TPSA) is 63.7 Å². The van der Waals surface area contributed by atoms with E-state index in [1.165, 1.54) is 6.42 Å². The van der Waals surface area contributed by atoms with E-state index in [-0.39, 0.29) is 36.7 Å². The Hall–Kier alpha value is -2.17. The average Bonchev–Trinajstić information content (AvgIpc) is 2.94. The number of hydrogen-bond donors (Lipinski definition) is 0. The molecule has 138 valence electrons. The van der Waals surface area contributed by atoms with Crippen LogP contribution in [0.15, 0.2) is 24.3 Å². The highest BCUT2D eigenvalue weighted by Gasteiger charge is 2.57. The SMILES string of the molecule is C[C@H]1[C@@H](OC(=O)c2cccc(N3C(=O)CCC3=O)c2)C[C@H]2C[C@@H]1C2(C)C. The standard InChI is InChI=1S/C21H25NO4/c1-12-16-10-14(21(16,2)3)11-17(12)26-20(25)13-5-4-6-15(9-13)22-18(23)7-8-19(22)24/h4-6,9,12,14,16-17H,7-8,10-11H2,1-3H3/t12-,14-,16+,17+/m1/s1. The van der Waals surface area contributed by atoms with Crippen LogP contribution in [0.25, 0.3) is 0 Å². The Labute approximate surface area is 153 Å². The fourth-order valence-corrected chi connectivity index (χ4v) is 5.10. The van der Waals surface area contributed by atoms with Gasteiger partial charge >= 0.3 is 5.97 Å². The van der Waals surface area contributed by atoms with Crippen LogP contribution in [0.4, 0.5) is 5.69 Å². The molecule has 5 nitrogen and oxygen atoms in total. The lowest BCUT2D eigenvalue weighted by molar-refractivity contribution is -0.156. The first-order valence-corrected chi connectivity index (χ1v) is 9.46. The smallest absolute Gasteiger partial charge is 0.338 e. The zero-order valence-electron chi connectivity index (χ0n) is 15.5. The lowest BCUT2D eigenvalue weighted by atomic mass is 9.45. The summed E-state index contributed by atoms with van der Waals surface area (Å²) in [6.45, 7) is 6.81. The molecule has 1 aromatic carbocycles. The highest BCUT2D eigenvalue weighted by Crippen LogP contribution is 2.61. The van der Waals surface area contributed by atoms with E-state index in [0.29, 0.717) is 34.4 Å². The summed E-state index contributed by atoms with van der Waals surface area (Å²) in [5, 5.41) is 0. The molecule has 1 saturated heterocycles. The third-order valence-corrected chi connectivity index (χ3v) is 6.93. The molecule has 1 aliphatic heterocycles. The number of carbonyl (C=O) groups is 3. The molecule has 0 spiro atoms. The third kappa shape index (κ3) is 2.56. The van der Waals surface area contributed by atoms with Crippen molar-refractivity contribution >= 4 is 23.5 Å². The summed E-state index contributed by atoms with van der Waals surface area (Å²) in [5.74, 6) is 0.760. The van der Waals surface area contributed by atoms with Crippen LogP contribution in [0.2, 0.25) is 0 Å². The van der Waals surface area contributed by atoms with Gasteiger partial charge in [-0.1, -0.05) is 26.8 Å². The molecule has 5 rings (SSSR count). The number of carbonyl (C=O) groups excluding carboxylic acids is 3. The predicted octanol–water partition coefficient (Wildman–Crippen LogP) is 3.57. The van der Waals surface area contributed by atoms with Crippen LogP contribution in [0.3, 0.4) is 0 Å². The summed E-state index contributed by atoms with van der Waals surface area (Å²) in [5.41, 5.74) is 1.19. The second-order valence-corrected chi connectivity index (χ2v) is 8.57. The molecule has 0 N–H and O–H groups in total. The summed E-state index contributed by atoms with van der Waals surface area (Å²) < 4.78 is 5.83. The molecular formula is C21H25NO4. The third-order valence-electron chi connectivity index (χ3n) is 6.93. The van der Waals surface area contributed by atoms with Crippen LogP contribution in [-0.4, -0.2) is 23.9 Å². The van der Waals surface area contributed by atoms with Crippen molar-refractivity contribution in [1.82, 2.24) is 0 Å². The Morgan fingerprint density at radius 3 is 2.46 bits per heavy atom. The fourth-order valence-electron chi connectivity index (χ4n) is 5.10. The number of benzene rings is 1. The zero-order valence-corrected chi connectivity index (χ0v) is 15.5. The van der Waals surface area contributed by atoms with Gasteiger partial charge in [-0.25, -0.2) is 4.79 Å². The van der Waals surface area contributed by atoms with E-state index in [1.54, 1.807) is 24.3 Å². The maximum atomic E-state index is 12.7. The molecule has 26 heavy (non-hydrogen) atoms. The number of rotatable bonds is 3. The second-order valence-electron chi connectivity index (χ2n) is 8.57. The number of esters is 1. The highest BCUT2D eigenvalue weighted by molar-refractivity contribution is 6.20. The van der Waals surface area contributed by atoms with Gasteiger partial charge in [0, 0.05) is 12.8 Å². The Morgan fingerprint density at radius 1 is 1.15 bits per heavy atom. The Balaban J connectivity index is 1.49. The molecule has 4 fully saturated rings.